The molecule has 2 aromatic rings. The minimum Gasteiger partial charge on any atom is -0.310 e. The highest BCUT2D eigenvalue weighted by Gasteiger charge is 2.50. The zero-order valence-corrected chi connectivity index (χ0v) is 13.0. The van der Waals surface area contributed by atoms with Crippen molar-refractivity contribution in [1.82, 2.24) is 10.5 Å². The SMILES string of the molecule is O=C(NO)c1ccc2c(c1)C[C@@]1(CCN(c3cccnc3)C1=O)C2. The first kappa shape index (κ1) is 14.8. The molecule has 0 radical (unpaired) electrons. The van der Waals surface area contributed by atoms with Gasteiger partial charge in [-0.2, -0.15) is 0 Å². The summed E-state index contributed by atoms with van der Waals surface area (Å²) in [6.45, 7) is 0.683. The lowest BCUT2D eigenvalue weighted by Crippen LogP contribution is -2.35. The fraction of sp³-hybridized carbons (Fsp3) is 0.278. The van der Waals surface area contributed by atoms with Crippen molar-refractivity contribution in [2.45, 2.75) is 19.3 Å². The summed E-state index contributed by atoms with van der Waals surface area (Å²) in [4.78, 5) is 30.5. The van der Waals surface area contributed by atoms with E-state index in [-0.39, 0.29) is 5.91 Å². The molecule has 2 amide bonds. The fourth-order valence-electron chi connectivity index (χ4n) is 3.87. The number of carbonyl (C=O) groups excluding carboxylic acids is 2. The van der Waals surface area contributed by atoms with E-state index >= 15 is 0 Å². The summed E-state index contributed by atoms with van der Waals surface area (Å²) in [7, 11) is 0. The summed E-state index contributed by atoms with van der Waals surface area (Å²) in [5, 5.41) is 8.78. The lowest BCUT2D eigenvalue weighted by Gasteiger charge is -2.22. The molecule has 4 rings (SSSR count). The van der Waals surface area contributed by atoms with Crippen molar-refractivity contribution >= 4 is 17.5 Å². The lowest BCUT2D eigenvalue weighted by molar-refractivity contribution is -0.125. The number of hydrogen-bond donors (Lipinski definition) is 2. The average Bonchev–Trinajstić information content (AvgIpc) is 3.15. The van der Waals surface area contributed by atoms with Crippen molar-refractivity contribution in [1.29, 1.82) is 0 Å². The van der Waals surface area contributed by atoms with E-state index in [4.69, 9.17) is 5.21 Å². The normalized spacial score (nSPS) is 22.0. The highest BCUT2D eigenvalue weighted by molar-refractivity contribution is 6.01. The number of fused-ring (bicyclic) bond motifs is 1. The van der Waals surface area contributed by atoms with Crippen molar-refractivity contribution in [2.24, 2.45) is 5.41 Å². The van der Waals surface area contributed by atoms with Gasteiger partial charge in [0.15, 0.2) is 0 Å². The second-order valence-corrected chi connectivity index (χ2v) is 6.48. The number of anilines is 1. The van der Waals surface area contributed by atoms with Crippen molar-refractivity contribution in [3.8, 4) is 0 Å². The number of nitrogens with one attached hydrogen (secondary N) is 1. The van der Waals surface area contributed by atoms with E-state index in [1.54, 1.807) is 34.9 Å². The Bertz CT molecular complexity index is 822. The molecular weight excluding hydrogens is 306 g/mol. The van der Waals surface area contributed by atoms with E-state index in [9.17, 15) is 9.59 Å². The van der Waals surface area contributed by atoms with Gasteiger partial charge in [-0.1, -0.05) is 6.07 Å². The first-order chi connectivity index (χ1) is 11.6. The summed E-state index contributed by atoms with van der Waals surface area (Å²) in [5.41, 5.74) is 4.57. The van der Waals surface area contributed by atoms with Gasteiger partial charge < -0.3 is 4.90 Å². The molecular formula is C18H17N3O3. The van der Waals surface area contributed by atoms with Crippen LogP contribution in [0.2, 0.25) is 0 Å². The van der Waals surface area contributed by atoms with Gasteiger partial charge in [0.2, 0.25) is 5.91 Å². The van der Waals surface area contributed by atoms with Crippen molar-refractivity contribution in [2.75, 3.05) is 11.4 Å². The number of hydroxylamine groups is 1. The summed E-state index contributed by atoms with van der Waals surface area (Å²) in [6.07, 6.45) is 5.52. The molecule has 1 atom stereocenters. The predicted molar refractivity (Wildman–Crippen MR) is 86.7 cm³/mol. The molecule has 1 aliphatic carbocycles. The van der Waals surface area contributed by atoms with Crippen LogP contribution in [0, 0.1) is 5.41 Å². The number of benzene rings is 1. The second-order valence-electron chi connectivity index (χ2n) is 6.48. The monoisotopic (exact) mass is 323 g/mol. The maximum atomic E-state index is 13.1. The van der Waals surface area contributed by atoms with E-state index in [1.165, 1.54) is 0 Å². The van der Waals surface area contributed by atoms with Crippen LogP contribution in [-0.4, -0.2) is 28.6 Å². The number of nitrogens with zero attached hydrogens (tertiary/aromatic N) is 2. The van der Waals surface area contributed by atoms with Gasteiger partial charge in [-0.05, 0) is 54.7 Å². The Morgan fingerprint density at radius 2 is 2.08 bits per heavy atom. The molecule has 1 spiro atoms. The van der Waals surface area contributed by atoms with Crippen LogP contribution in [0.4, 0.5) is 5.69 Å². The summed E-state index contributed by atoms with van der Waals surface area (Å²) >= 11 is 0. The van der Waals surface area contributed by atoms with Crippen LogP contribution in [0.5, 0.6) is 0 Å². The third-order valence-electron chi connectivity index (χ3n) is 5.10. The van der Waals surface area contributed by atoms with Crippen LogP contribution in [0.3, 0.4) is 0 Å². The highest BCUT2D eigenvalue weighted by atomic mass is 16.5. The Morgan fingerprint density at radius 3 is 2.83 bits per heavy atom. The van der Waals surface area contributed by atoms with Crippen LogP contribution in [0.25, 0.3) is 0 Å². The summed E-state index contributed by atoms with van der Waals surface area (Å²) in [5.74, 6) is -0.409. The first-order valence-corrected chi connectivity index (χ1v) is 7.91. The van der Waals surface area contributed by atoms with Crippen molar-refractivity contribution < 1.29 is 14.8 Å². The van der Waals surface area contributed by atoms with E-state index < -0.39 is 11.3 Å². The van der Waals surface area contributed by atoms with Crippen LogP contribution >= 0.6 is 0 Å². The van der Waals surface area contributed by atoms with E-state index in [2.05, 4.69) is 4.98 Å². The van der Waals surface area contributed by atoms with Gasteiger partial charge in [0.05, 0.1) is 17.3 Å². The van der Waals surface area contributed by atoms with Crippen LogP contribution in [0.1, 0.15) is 27.9 Å². The third-order valence-corrected chi connectivity index (χ3v) is 5.10. The van der Waals surface area contributed by atoms with Gasteiger partial charge in [-0.25, -0.2) is 5.48 Å². The highest BCUT2D eigenvalue weighted by Crippen LogP contribution is 2.46. The number of aromatic nitrogens is 1. The van der Waals surface area contributed by atoms with E-state index in [0.29, 0.717) is 24.9 Å². The Labute approximate surface area is 139 Å². The molecule has 2 N–H and O–H groups in total. The molecule has 24 heavy (non-hydrogen) atoms. The van der Waals surface area contributed by atoms with Crippen LogP contribution < -0.4 is 10.4 Å². The minimum atomic E-state index is -0.534. The lowest BCUT2D eigenvalue weighted by atomic mass is 9.83. The number of rotatable bonds is 2. The maximum Gasteiger partial charge on any atom is 0.274 e. The van der Waals surface area contributed by atoms with Gasteiger partial charge >= 0.3 is 0 Å². The molecule has 1 fully saturated rings. The standard InChI is InChI=1S/C18H17N3O3/c22-16(20-24)12-3-4-13-9-18(10-14(13)8-12)5-7-21(17(18)23)15-2-1-6-19-11-15/h1-4,6,8,11,24H,5,7,9-10H2,(H,20,22)/t18-/m1/s1. The minimum absolute atomic E-state index is 0.125. The van der Waals surface area contributed by atoms with Crippen LogP contribution in [-0.2, 0) is 17.6 Å². The van der Waals surface area contributed by atoms with E-state index in [1.807, 2.05) is 18.2 Å². The molecule has 2 heterocycles. The Kier molecular flexibility index (Phi) is 3.35. The number of carbonyl (C=O) groups is 2. The Balaban J connectivity index is 1.62. The summed E-state index contributed by atoms with van der Waals surface area (Å²) in [6, 6.07) is 9.07. The molecule has 0 bridgehead atoms. The number of hydrogen-bond acceptors (Lipinski definition) is 4. The number of amides is 2. The topological polar surface area (TPSA) is 82.5 Å². The summed E-state index contributed by atoms with van der Waals surface area (Å²) < 4.78 is 0. The fourth-order valence-corrected chi connectivity index (χ4v) is 3.87. The van der Waals surface area contributed by atoms with Gasteiger partial charge in [-0.15, -0.1) is 0 Å². The van der Waals surface area contributed by atoms with Gasteiger partial charge in [0.25, 0.3) is 5.91 Å². The predicted octanol–water partition coefficient (Wildman–Crippen LogP) is 1.72. The largest absolute Gasteiger partial charge is 0.310 e. The van der Waals surface area contributed by atoms with Gasteiger partial charge in [0, 0.05) is 18.3 Å². The second kappa shape index (κ2) is 5.42. The zero-order valence-electron chi connectivity index (χ0n) is 13.0. The first-order valence-electron chi connectivity index (χ1n) is 7.91. The molecule has 6 heteroatoms. The smallest absolute Gasteiger partial charge is 0.274 e. The number of pyridine rings is 1. The van der Waals surface area contributed by atoms with Crippen molar-refractivity contribution in [3.05, 3.63) is 59.4 Å². The molecule has 6 nitrogen and oxygen atoms in total. The Morgan fingerprint density at radius 1 is 1.25 bits per heavy atom. The van der Waals surface area contributed by atoms with Gasteiger partial charge in [-0.3, -0.25) is 19.8 Å². The molecule has 1 aromatic carbocycles. The third kappa shape index (κ3) is 2.18. The quantitative estimate of drug-likeness (QED) is 0.651. The van der Waals surface area contributed by atoms with Gasteiger partial charge in [0.1, 0.15) is 0 Å². The molecule has 0 saturated carbocycles. The van der Waals surface area contributed by atoms with Crippen molar-refractivity contribution in [3.63, 3.8) is 0 Å². The molecule has 2 aliphatic rings. The van der Waals surface area contributed by atoms with Crippen LogP contribution in [0.15, 0.2) is 42.7 Å². The molecule has 1 aliphatic heterocycles. The molecule has 0 unspecified atom stereocenters. The Hall–Kier alpha value is -2.73. The average molecular weight is 323 g/mol. The van der Waals surface area contributed by atoms with E-state index in [0.717, 1.165) is 23.2 Å². The molecule has 1 saturated heterocycles. The molecule has 1 aromatic heterocycles. The maximum absolute atomic E-state index is 13.1. The molecule has 122 valence electrons. The zero-order chi connectivity index (χ0) is 16.7.